The predicted molar refractivity (Wildman–Crippen MR) is 105 cm³/mol. The summed E-state index contributed by atoms with van der Waals surface area (Å²) >= 11 is 0. The maximum Gasteiger partial charge on any atom is 0.262 e. The van der Waals surface area contributed by atoms with Gasteiger partial charge in [0.2, 0.25) is 5.91 Å². The van der Waals surface area contributed by atoms with Crippen LogP contribution in [0, 0.1) is 5.82 Å². The number of nitrogens with zero attached hydrogens (tertiary/aromatic N) is 3. The first-order valence-corrected chi connectivity index (χ1v) is 9.73. The van der Waals surface area contributed by atoms with Crippen molar-refractivity contribution in [2.24, 2.45) is 0 Å². The summed E-state index contributed by atoms with van der Waals surface area (Å²) in [7, 11) is 0. The molecule has 150 valence electrons. The summed E-state index contributed by atoms with van der Waals surface area (Å²) in [6, 6.07) is 13.1. The average molecular weight is 395 g/mol. The van der Waals surface area contributed by atoms with E-state index in [1.54, 1.807) is 41.3 Å². The second kappa shape index (κ2) is 8.13. The van der Waals surface area contributed by atoms with Gasteiger partial charge in [0.25, 0.3) is 11.8 Å². The van der Waals surface area contributed by atoms with Gasteiger partial charge in [-0.25, -0.2) is 4.39 Å². The number of carbonyl (C=O) groups excluding carboxylic acids is 3. The molecule has 29 heavy (non-hydrogen) atoms. The summed E-state index contributed by atoms with van der Waals surface area (Å²) in [5.41, 5.74) is 1.79. The van der Waals surface area contributed by atoms with Gasteiger partial charge in [-0.1, -0.05) is 24.3 Å². The highest BCUT2D eigenvalue weighted by Gasteiger charge is 2.37. The molecule has 3 amide bonds. The monoisotopic (exact) mass is 395 g/mol. The smallest absolute Gasteiger partial charge is 0.262 e. The number of carbonyl (C=O) groups is 3. The molecule has 0 unspecified atom stereocenters. The SMILES string of the molecule is O=C(CN1C(=O)c2ccccc2C1=O)N1CCN(CCc2ccc(F)cc2)CC1. The molecule has 0 aromatic heterocycles. The van der Waals surface area contributed by atoms with Crippen molar-refractivity contribution in [3.8, 4) is 0 Å². The summed E-state index contributed by atoms with van der Waals surface area (Å²) in [5, 5.41) is 0. The molecule has 2 aromatic carbocycles. The number of imide groups is 1. The minimum absolute atomic E-state index is 0.210. The number of piperazine rings is 1. The topological polar surface area (TPSA) is 60.9 Å². The van der Waals surface area contributed by atoms with E-state index in [1.807, 2.05) is 0 Å². The van der Waals surface area contributed by atoms with Gasteiger partial charge in [0, 0.05) is 32.7 Å². The van der Waals surface area contributed by atoms with Crippen molar-refractivity contribution in [2.75, 3.05) is 39.3 Å². The van der Waals surface area contributed by atoms with E-state index >= 15 is 0 Å². The van der Waals surface area contributed by atoms with Crippen molar-refractivity contribution < 1.29 is 18.8 Å². The zero-order valence-electron chi connectivity index (χ0n) is 16.0. The van der Waals surface area contributed by atoms with E-state index in [0.29, 0.717) is 24.2 Å². The lowest BCUT2D eigenvalue weighted by molar-refractivity contribution is -0.133. The molecule has 2 aliphatic heterocycles. The molecule has 0 bridgehead atoms. The van der Waals surface area contributed by atoms with E-state index in [1.165, 1.54) is 12.1 Å². The fourth-order valence-electron chi connectivity index (χ4n) is 3.78. The van der Waals surface area contributed by atoms with Crippen LogP contribution in [0.25, 0.3) is 0 Å². The highest BCUT2D eigenvalue weighted by atomic mass is 19.1. The molecule has 1 saturated heterocycles. The molecule has 6 nitrogen and oxygen atoms in total. The Bertz CT molecular complexity index is 902. The number of rotatable bonds is 5. The molecule has 2 heterocycles. The number of amides is 3. The van der Waals surface area contributed by atoms with Gasteiger partial charge in [-0.2, -0.15) is 0 Å². The Morgan fingerprint density at radius 2 is 1.45 bits per heavy atom. The molecule has 2 aromatic rings. The molecule has 2 aliphatic rings. The summed E-state index contributed by atoms with van der Waals surface area (Å²) in [6.45, 7) is 3.20. The molecule has 7 heteroatoms. The van der Waals surface area contributed by atoms with Gasteiger partial charge in [-0.3, -0.25) is 24.2 Å². The van der Waals surface area contributed by atoms with Crippen LogP contribution in [-0.2, 0) is 11.2 Å². The second-order valence-corrected chi connectivity index (χ2v) is 7.34. The average Bonchev–Trinajstić information content (AvgIpc) is 2.99. The van der Waals surface area contributed by atoms with Crippen molar-refractivity contribution in [3.05, 3.63) is 71.0 Å². The van der Waals surface area contributed by atoms with Crippen LogP contribution >= 0.6 is 0 Å². The Labute approximate surface area is 168 Å². The quantitative estimate of drug-likeness (QED) is 0.725. The van der Waals surface area contributed by atoms with Crippen LogP contribution in [-0.4, -0.2) is 71.7 Å². The predicted octanol–water partition coefficient (Wildman–Crippen LogP) is 1.81. The Hall–Kier alpha value is -3.06. The number of fused-ring (bicyclic) bond motifs is 1. The van der Waals surface area contributed by atoms with E-state index in [2.05, 4.69) is 4.90 Å². The van der Waals surface area contributed by atoms with E-state index < -0.39 is 11.8 Å². The first kappa shape index (κ1) is 19.3. The van der Waals surface area contributed by atoms with Gasteiger partial charge >= 0.3 is 0 Å². The first-order valence-electron chi connectivity index (χ1n) is 9.73. The lowest BCUT2D eigenvalue weighted by atomic mass is 10.1. The molecule has 0 aliphatic carbocycles. The van der Waals surface area contributed by atoms with Crippen molar-refractivity contribution in [2.45, 2.75) is 6.42 Å². The number of hydrogen-bond acceptors (Lipinski definition) is 4. The van der Waals surface area contributed by atoms with Crippen LogP contribution < -0.4 is 0 Å². The van der Waals surface area contributed by atoms with Gasteiger partial charge < -0.3 is 4.90 Å². The first-order chi connectivity index (χ1) is 14.0. The van der Waals surface area contributed by atoms with Crippen molar-refractivity contribution >= 4 is 17.7 Å². The highest BCUT2D eigenvalue weighted by Crippen LogP contribution is 2.22. The fraction of sp³-hybridized carbons (Fsp3) is 0.318. The fourth-order valence-corrected chi connectivity index (χ4v) is 3.78. The van der Waals surface area contributed by atoms with Crippen molar-refractivity contribution in [1.29, 1.82) is 0 Å². The molecular formula is C22H22FN3O3. The molecule has 0 atom stereocenters. The van der Waals surface area contributed by atoms with Gasteiger partial charge in [-0.15, -0.1) is 0 Å². The molecule has 4 rings (SSSR count). The zero-order chi connectivity index (χ0) is 20.4. The number of halogens is 1. The van der Waals surface area contributed by atoms with E-state index in [-0.39, 0.29) is 18.3 Å². The summed E-state index contributed by atoms with van der Waals surface area (Å²) in [4.78, 5) is 42.5. The van der Waals surface area contributed by atoms with Crippen molar-refractivity contribution in [3.63, 3.8) is 0 Å². The third kappa shape index (κ3) is 4.05. The van der Waals surface area contributed by atoms with E-state index in [0.717, 1.165) is 36.5 Å². The zero-order valence-corrected chi connectivity index (χ0v) is 16.0. The largest absolute Gasteiger partial charge is 0.339 e. The summed E-state index contributed by atoms with van der Waals surface area (Å²) in [5.74, 6) is -1.26. The molecule has 0 saturated carbocycles. The molecule has 0 radical (unpaired) electrons. The van der Waals surface area contributed by atoms with Crippen LogP contribution in [0.3, 0.4) is 0 Å². The molecule has 0 N–H and O–H groups in total. The lowest BCUT2D eigenvalue weighted by Crippen LogP contribution is -2.52. The second-order valence-electron chi connectivity index (χ2n) is 7.34. The van der Waals surface area contributed by atoms with Crippen LogP contribution in [0.4, 0.5) is 4.39 Å². The Kier molecular flexibility index (Phi) is 5.40. The van der Waals surface area contributed by atoms with Crippen LogP contribution in [0.5, 0.6) is 0 Å². The number of hydrogen-bond donors (Lipinski definition) is 0. The van der Waals surface area contributed by atoms with Crippen molar-refractivity contribution in [1.82, 2.24) is 14.7 Å². The normalized spacial score (nSPS) is 17.0. The van der Waals surface area contributed by atoms with E-state index in [9.17, 15) is 18.8 Å². The summed E-state index contributed by atoms with van der Waals surface area (Å²) in [6.07, 6.45) is 0.823. The van der Waals surface area contributed by atoms with Crippen LogP contribution in [0.2, 0.25) is 0 Å². The molecule has 1 fully saturated rings. The van der Waals surface area contributed by atoms with Crippen LogP contribution in [0.15, 0.2) is 48.5 Å². The van der Waals surface area contributed by atoms with Gasteiger partial charge in [0.15, 0.2) is 0 Å². The Morgan fingerprint density at radius 1 is 0.862 bits per heavy atom. The van der Waals surface area contributed by atoms with Gasteiger partial charge in [0.1, 0.15) is 12.4 Å². The van der Waals surface area contributed by atoms with Gasteiger partial charge in [-0.05, 0) is 36.2 Å². The number of benzene rings is 2. The van der Waals surface area contributed by atoms with Crippen LogP contribution in [0.1, 0.15) is 26.3 Å². The molecule has 0 spiro atoms. The minimum Gasteiger partial charge on any atom is -0.339 e. The Balaban J connectivity index is 1.27. The third-order valence-corrected chi connectivity index (χ3v) is 5.53. The maximum absolute atomic E-state index is 13.0. The lowest BCUT2D eigenvalue weighted by Gasteiger charge is -2.35. The summed E-state index contributed by atoms with van der Waals surface area (Å²) < 4.78 is 13.0. The maximum atomic E-state index is 13.0. The van der Waals surface area contributed by atoms with E-state index in [4.69, 9.17) is 0 Å². The minimum atomic E-state index is -0.406. The molecular weight excluding hydrogens is 373 g/mol. The Morgan fingerprint density at radius 3 is 2.03 bits per heavy atom. The standard InChI is InChI=1S/C22H22FN3O3/c23-17-7-5-16(6-8-17)9-10-24-11-13-25(14-12-24)20(27)15-26-21(28)18-3-1-2-4-19(18)22(26)29/h1-8H,9-15H2. The highest BCUT2D eigenvalue weighted by molar-refractivity contribution is 6.22. The third-order valence-electron chi connectivity index (χ3n) is 5.53. The van der Waals surface area contributed by atoms with Gasteiger partial charge in [0.05, 0.1) is 11.1 Å².